The van der Waals surface area contributed by atoms with Crippen molar-refractivity contribution in [3.05, 3.63) is 11.8 Å². The molecule has 0 aliphatic heterocycles. The molecule has 12 heavy (non-hydrogen) atoms. The van der Waals surface area contributed by atoms with Crippen molar-refractivity contribution in [1.29, 1.82) is 0 Å². The summed E-state index contributed by atoms with van der Waals surface area (Å²) in [5, 5.41) is 0. The van der Waals surface area contributed by atoms with E-state index in [1.54, 1.807) is 0 Å². The summed E-state index contributed by atoms with van der Waals surface area (Å²) in [5.41, 5.74) is 6.75. The van der Waals surface area contributed by atoms with Gasteiger partial charge in [0.1, 0.15) is 0 Å². The molecule has 0 aromatic heterocycles. The molecule has 0 amide bonds. The summed E-state index contributed by atoms with van der Waals surface area (Å²) >= 11 is 0. The van der Waals surface area contributed by atoms with Crippen LogP contribution in [-0.2, 0) is 0 Å². The molecule has 0 radical (unpaired) electrons. The zero-order valence-corrected chi connectivity index (χ0v) is 8.38. The Morgan fingerprint density at radius 2 is 2.25 bits per heavy atom. The second-order valence-electron chi connectivity index (χ2n) is 3.06. The third kappa shape index (κ3) is 6.10. The zero-order valence-electron chi connectivity index (χ0n) is 8.38. The monoisotopic (exact) mass is 168 g/mol. The molecule has 0 unspecified atom stereocenters. The normalized spacial score (nSPS) is 15.5. The van der Waals surface area contributed by atoms with E-state index in [2.05, 4.69) is 11.9 Å². The molecule has 0 aliphatic rings. The van der Waals surface area contributed by atoms with Crippen LogP contribution < -0.4 is 5.73 Å². The van der Waals surface area contributed by atoms with Crippen molar-refractivity contribution in [2.24, 2.45) is 10.7 Å². The van der Waals surface area contributed by atoms with E-state index < -0.39 is 0 Å². The number of unbranched alkanes of at least 4 members (excludes halogenated alkanes) is 1. The fraction of sp³-hybridized carbons (Fsp3) is 0.700. The highest BCUT2D eigenvalue weighted by Crippen LogP contribution is 2.04. The minimum Gasteiger partial charge on any atom is -0.328 e. The van der Waals surface area contributed by atoms with Crippen LogP contribution in [0.3, 0.4) is 0 Å². The van der Waals surface area contributed by atoms with Crippen LogP contribution in [-0.4, -0.2) is 12.3 Å². The Labute approximate surface area is 75.6 Å². The first-order valence-corrected chi connectivity index (χ1v) is 4.64. The molecular weight excluding hydrogens is 148 g/mol. The van der Waals surface area contributed by atoms with Crippen LogP contribution in [0.5, 0.6) is 0 Å². The van der Waals surface area contributed by atoms with Crippen LogP contribution in [0.1, 0.15) is 40.0 Å². The van der Waals surface area contributed by atoms with E-state index in [9.17, 15) is 0 Å². The zero-order chi connectivity index (χ0) is 9.40. The van der Waals surface area contributed by atoms with Crippen LogP contribution >= 0.6 is 0 Å². The SMILES string of the molecule is C/C=C(/C[C@@H](C)N)N=CCCC. The molecule has 70 valence electrons. The molecule has 0 aromatic carbocycles. The maximum absolute atomic E-state index is 5.66. The highest BCUT2D eigenvalue weighted by molar-refractivity contribution is 5.58. The van der Waals surface area contributed by atoms with Gasteiger partial charge in [-0.05, 0) is 20.3 Å². The molecule has 0 rings (SSSR count). The third-order valence-electron chi connectivity index (χ3n) is 1.54. The number of nitrogens with two attached hydrogens (primary N) is 1. The quantitative estimate of drug-likeness (QED) is 0.629. The second-order valence-corrected chi connectivity index (χ2v) is 3.06. The lowest BCUT2D eigenvalue weighted by molar-refractivity contribution is 0.725. The molecule has 0 saturated carbocycles. The summed E-state index contributed by atoms with van der Waals surface area (Å²) in [7, 11) is 0. The minimum absolute atomic E-state index is 0.204. The Morgan fingerprint density at radius 1 is 1.58 bits per heavy atom. The first-order valence-electron chi connectivity index (χ1n) is 4.64. The summed E-state index contributed by atoms with van der Waals surface area (Å²) < 4.78 is 0. The third-order valence-corrected chi connectivity index (χ3v) is 1.54. The standard InChI is InChI=1S/C10H20N2/c1-4-6-7-12-10(5-2)8-9(3)11/h5,7,9H,4,6,8,11H2,1-3H3/b10-5-,12-7?/t9-/m1/s1. The summed E-state index contributed by atoms with van der Waals surface area (Å²) in [6.07, 6.45) is 7.07. The van der Waals surface area contributed by atoms with E-state index in [1.165, 1.54) is 0 Å². The van der Waals surface area contributed by atoms with Gasteiger partial charge < -0.3 is 5.73 Å². The van der Waals surface area contributed by atoms with Gasteiger partial charge in [0, 0.05) is 24.4 Å². The maximum atomic E-state index is 5.66. The largest absolute Gasteiger partial charge is 0.328 e. The molecule has 2 heteroatoms. The van der Waals surface area contributed by atoms with E-state index in [0.717, 1.165) is 25.0 Å². The molecule has 1 atom stereocenters. The molecule has 0 aliphatic carbocycles. The van der Waals surface area contributed by atoms with Crippen LogP contribution in [0.2, 0.25) is 0 Å². The first-order chi connectivity index (χ1) is 5.70. The van der Waals surface area contributed by atoms with E-state index in [4.69, 9.17) is 5.73 Å². The Hall–Kier alpha value is -0.630. The van der Waals surface area contributed by atoms with E-state index in [0.29, 0.717) is 0 Å². The molecule has 0 bridgehead atoms. The predicted octanol–water partition coefficient (Wildman–Crippen LogP) is 2.50. The van der Waals surface area contributed by atoms with Crippen LogP contribution in [0.15, 0.2) is 16.8 Å². The molecule has 2 N–H and O–H groups in total. The lowest BCUT2D eigenvalue weighted by Gasteiger charge is -2.03. The second kappa shape index (κ2) is 7.04. The number of hydrogen-bond acceptors (Lipinski definition) is 2. The number of hydrogen-bond donors (Lipinski definition) is 1. The summed E-state index contributed by atoms with van der Waals surface area (Å²) in [6.45, 7) is 6.15. The maximum Gasteiger partial charge on any atom is 0.0372 e. The van der Waals surface area contributed by atoms with Gasteiger partial charge in [0.15, 0.2) is 0 Å². The minimum atomic E-state index is 0.204. The molecule has 0 heterocycles. The van der Waals surface area contributed by atoms with E-state index >= 15 is 0 Å². The molecule has 0 spiro atoms. The van der Waals surface area contributed by atoms with Gasteiger partial charge in [-0.3, -0.25) is 4.99 Å². The van der Waals surface area contributed by atoms with Crippen molar-refractivity contribution in [1.82, 2.24) is 0 Å². The predicted molar refractivity (Wildman–Crippen MR) is 55.4 cm³/mol. The van der Waals surface area contributed by atoms with E-state index in [-0.39, 0.29) is 6.04 Å². The summed E-state index contributed by atoms with van der Waals surface area (Å²) in [6, 6.07) is 0.204. The van der Waals surface area contributed by atoms with Gasteiger partial charge in [0.25, 0.3) is 0 Å². The van der Waals surface area contributed by atoms with E-state index in [1.807, 2.05) is 26.1 Å². The average molecular weight is 168 g/mol. The Morgan fingerprint density at radius 3 is 2.67 bits per heavy atom. The fourth-order valence-corrected chi connectivity index (χ4v) is 0.886. The Balaban J connectivity index is 3.84. The van der Waals surface area contributed by atoms with Gasteiger partial charge in [-0.2, -0.15) is 0 Å². The van der Waals surface area contributed by atoms with Gasteiger partial charge in [0.2, 0.25) is 0 Å². The van der Waals surface area contributed by atoms with Crippen LogP contribution in [0.25, 0.3) is 0 Å². The molecule has 2 nitrogen and oxygen atoms in total. The Kier molecular flexibility index (Phi) is 6.67. The Bertz CT molecular complexity index is 157. The summed E-state index contributed by atoms with van der Waals surface area (Å²) in [4.78, 5) is 4.33. The first kappa shape index (κ1) is 11.4. The smallest absolute Gasteiger partial charge is 0.0372 e. The highest BCUT2D eigenvalue weighted by Gasteiger charge is 1.96. The number of rotatable bonds is 5. The van der Waals surface area contributed by atoms with Crippen molar-refractivity contribution in [3.63, 3.8) is 0 Å². The molecule has 0 fully saturated rings. The van der Waals surface area contributed by atoms with Crippen LogP contribution in [0.4, 0.5) is 0 Å². The molecular formula is C10H20N2. The van der Waals surface area contributed by atoms with Crippen molar-refractivity contribution in [2.75, 3.05) is 0 Å². The molecule has 0 aromatic rings. The van der Waals surface area contributed by atoms with Gasteiger partial charge in [-0.1, -0.05) is 19.4 Å². The average Bonchev–Trinajstić information content (AvgIpc) is 2.02. The highest BCUT2D eigenvalue weighted by atomic mass is 14.7. The van der Waals surface area contributed by atoms with Crippen molar-refractivity contribution >= 4 is 6.21 Å². The molecule has 0 saturated heterocycles. The van der Waals surface area contributed by atoms with Gasteiger partial charge in [-0.15, -0.1) is 0 Å². The van der Waals surface area contributed by atoms with Crippen LogP contribution in [0, 0.1) is 0 Å². The van der Waals surface area contributed by atoms with Crippen molar-refractivity contribution in [2.45, 2.75) is 46.1 Å². The van der Waals surface area contributed by atoms with Gasteiger partial charge in [0.05, 0.1) is 0 Å². The van der Waals surface area contributed by atoms with Gasteiger partial charge >= 0.3 is 0 Å². The van der Waals surface area contributed by atoms with Crippen molar-refractivity contribution in [3.8, 4) is 0 Å². The fourth-order valence-electron chi connectivity index (χ4n) is 0.886. The van der Waals surface area contributed by atoms with Gasteiger partial charge in [-0.25, -0.2) is 0 Å². The van der Waals surface area contributed by atoms with Crippen molar-refractivity contribution < 1.29 is 0 Å². The topological polar surface area (TPSA) is 38.4 Å². The number of allylic oxidation sites excluding steroid dienone is 1. The number of nitrogens with zero attached hydrogens (tertiary/aromatic N) is 1. The lowest BCUT2D eigenvalue weighted by atomic mass is 10.2. The lowest BCUT2D eigenvalue weighted by Crippen LogP contribution is -2.14. The summed E-state index contributed by atoms with van der Waals surface area (Å²) in [5.74, 6) is 0. The number of aliphatic imine (C=N–C) groups is 1.